The number of ketones is 1. The number of hydrogen-bond acceptors (Lipinski definition) is 7. The van der Waals surface area contributed by atoms with E-state index in [-0.39, 0.29) is 6.42 Å². The molecule has 0 saturated heterocycles. The third-order valence-corrected chi connectivity index (χ3v) is 2.65. The van der Waals surface area contributed by atoms with Crippen LogP contribution in [0.1, 0.15) is 19.8 Å². The predicted molar refractivity (Wildman–Crippen MR) is 64.6 cm³/mol. The Labute approximate surface area is 114 Å². The van der Waals surface area contributed by atoms with E-state index in [1.54, 1.807) is 0 Å². The van der Waals surface area contributed by atoms with Crippen LogP contribution in [0.15, 0.2) is 0 Å². The average molecular weight is 293 g/mol. The number of rotatable bonds is 9. The molecule has 0 rings (SSSR count). The molecule has 4 unspecified atom stereocenters. The average Bonchev–Trinajstić information content (AvgIpc) is 2.39. The van der Waals surface area contributed by atoms with Gasteiger partial charge in [0, 0.05) is 13.3 Å². The quantitative estimate of drug-likeness (QED) is 0.245. The van der Waals surface area contributed by atoms with Crippen molar-refractivity contribution in [3.05, 3.63) is 0 Å². The van der Waals surface area contributed by atoms with Crippen molar-refractivity contribution in [3.8, 4) is 0 Å². The summed E-state index contributed by atoms with van der Waals surface area (Å²) >= 11 is 0. The molecule has 20 heavy (non-hydrogen) atoms. The van der Waals surface area contributed by atoms with E-state index in [0.29, 0.717) is 0 Å². The molecule has 9 nitrogen and oxygen atoms in total. The number of aliphatic hydroxyl groups excluding tert-OH is 4. The minimum Gasteiger partial charge on any atom is -0.476 e. The molecule has 4 atom stereocenters. The lowest BCUT2D eigenvalue weighted by Crippen LogP contribution is -2.52. The Morgan fingerprint density at radius 2 is 1.65 bits per heavy atom. The van der Waals surface area contributed by atoms with Gasteiger partial charge in [-0.05, 0) is 6.42 Å². The van der Waals surface area contributed by atoms with E-state index in [0.717, 1.165) is 6.92 Å². The number of carbonyl (C=O) groups excluding carboxylic acids is 2. The summed E-state index contributed by atoms with van der Waals surface area (Å²) in [6.07, 6.45) is -5.74. The fourth-order valence-electron chi connectivity index (χ4n) is 1.56. The molecule has 0 aromatic heterocycles. The van der Waals surface area contributed by atoms with Crippen molar-refractivity contribution in [1.82, 2.24) is 5.32 Å². The number of Topliss-reactive ketones (excluding diaryl/α,β-unsaturated/α-hetero) is 1. The van der Waals surface area contributed by atoms with E-state index in [9.17, 15) is 29.7 Å². The molecule has 0 aromatic rings. The lowest BCUT2D eigenvalue weighted by Gasteiger charge is -2.29. The van der Waals surface area contributed by atoms with Crippen LogP contribution in [-0.4, -0.2) is 74.2 Å². The van der Waals surface area contributed by atoms with Gasteiger partial charge in [-0.2, -0.15) is 0 Å². The molecule has 0 heterocycles. The lowest BCUT2D eigenvalue weighted by molar-refractivity contribution is -0.149. The molecule has 9 heteroatoms. The van der Waals surface area contributed by atoms with Crippen LogP contribution in [0.3, 0.4) is 0 Å². The predicted octanol–water partition coefficient (Wildman–Crippen LogP) is -3.00. The summed E-state index contributed by atoms with van der Waals surface area (Å²) in [4.78, 5) is 32.3. The Morgan fingerprint density at radius 3 is 2.05 bits per heavy atom. The van der Waals surface area contributed by atoms with Crippen molar-refractivity contribution in [1.29, 1.82) is 0 Å². The van der Waals surface area contributed by atoms with Crippen LogP contribution in [0.25, 0.3) is 0 Å². The summed E-state index contributed by atoms with van der Waals surface area (Å²) in [7, 11) is 0. The second-order valence-corrected chi connectivity index (χ2v) is 4.31. The Bertz CT molecular complexity index is 358. The van der Waals surface area contributed by atoms with Crippen molar-refractivity contribution in [2.75, 3.05) is 6.61 Å². The zero-order valence-corrected chi connectivity index (χ0v) is 10.9. The standard InChI is InChI=1S/C11H19NO8/c1-5(14)12-6(2-3-7(15)11(19)20)9(17)10(18)8(16)4-13/h6,8-10,13,16-18H,2-4H2,1H3,(H,12,14)(H,19,20). The number of amides is 1. The van der Waals surface area contributed by atoms with Crippen molar-refractivity contribution < 1.29 is 39.9 Å². The van der Waals surface area contributed by atoms with E-state index in [4.69, 9.17) is 10.2 Å². The molecule has 0 spiro atoms. The second-order valence-electron chi connectivity index (χ2n) is 4.31. The van der Waals surface area contributed by atoms with Crippen LogP contribution < -0.4 is 5.32 Å². The summed E-state index contributed by atoms with van der Waals surface area (Å²) < 4.78 is 0. The molecule has 116 valence electrons. The first-order valence-electron chi connectivity index (χ1n) is 5.89. The summed E-state index contributed by atoms with van der Waals surface area (Å²) in [6, 6.07) is -1.13. The van der Waals surface area contributed by atoms with Crippen molar-refractivity contribution in [2.45, 2.75) is 44.1 Å². The van der Waals surface area contributed by atoms with Gasteiger partial charge in [0.2, 0.25) is 11.7 Å². The largest absolute Gasteiger partial charge is 0.476 e. The molecule has 0 saturated carbocycles. The van der Waals surface area contributed by atoms with E-state index >= 15 is 0 Å². The summed E-state index contributed by atoms with van der Waals surface area (Å²) in [5.74, 6) is -3.32. The van der Waals surface area contributed by atoms with Crippen LogP contribution in [0.4, 0.5) is 0 Å². The maximum Gasteiger partial charge on any atom is 0.372 e. The van der Waals surface area contributed by atoms with Gasteiger partial charge in [-0.25, -0.2) is 4.79 Å². The molecule has 0 fully saturated rings. The smallest absolute Gasteiger partial charge is 0.372 e. The molecule has 0 aliphatic rings. The summed E-state index contributed by atoms with van der Waals surface area (Å²) in [5.41, 5.74) is 0. The Kier molecular flexibility index (Phi) is 7.92. The van der Waals surface area contributed by atoms with Gasteiger partial charge in [-0.3, -0.25) is 9.59 Å². The van der Waals surface area contributed by atoms with Gasteiger partial charge in [0.25, 0.3) is 0 Å². The van der Waals surface area contributed by atoms with Gasteiger partial charge in [-0.1, -0.05) is 0 Å². The third kappa shape index (κ3) is 6.06. The third-order valence-electron chi connectivity index (χ3n) is 2.65. The maximum absolute atomic E-state index is 11.0. The normalized spacial score (nSPS) is 16.9. The Morgan fingerprint density at radius 1 is 1.10 bits per heavy atom. The highest BCUT2D eigenvalue weighted by molar-refractivity contribution is 6.32. The first-order chi connectivity index (χ1) is 9.20. The highest BCUT2D eigenvalue weighted by Crippen LogP contribution is 2.10. The number of carboxylic acids is 1. The van der Waals surface area contributed by atoms with Gasteiger partial charge < -0.3 is 30.8 Å². The first kappa shape index (κ1) is 18.4. The van der Waals surface area contributed by atoms with E-state index < -0.39 is 55.0 Å². The number of aliphatic hydroxyl groups is 4. The molecule has 0 aliphatic carbocycles. The number of carbonyl (C=O) groups is 3. The SMILES string of the molecule is CC(=O)NC(CCC(=O)C(=O)O)C(O)C(O)C(O)CO. The highest BCUT2D eigenvalue weighted by Gasteiger charge is 2.32. The lowest BCUT2D eigenvalue weighted by atomic mass is 9.96. The van der Waals surface area contributed by atoms with Crippen molar-refractivity contribution >= 4 is 17.7 Å². The molecular weight excluding hydrogens is 274 g/mol. The number of carboxylic acid groups (broad SMARTS) is 1. The van der Waals surface area contributed by atoms with Crippen LogP contribution in [0.2, 0.25) is 0 Å². The summed E-state index contributed by atoms with van der Waals surface area (Å²) in [5, 5.41) is 47.9. The van der Waals surface area contributed by atoms with Crippen LogP contribution in [-0.2, 0) is 14.4 Å². The molecule has 0 bridgehead atoms. The maximum atomic E-state index is 11.0. The van der Waals surface area contributed by atoms with Crippen LogP contribution >= 0.6 is 0 Å². The number of aliphatic carboxylic acids is 1. The second kappa shape index (κ2) is 8.59. The van der Waals surface area contributed by atoms with Gasteiger partial charge in [0.05, 0.1) is 12.6 Å². The zero-order valence-electron chi connectivity index (χ0n) is 10.9. The monoisotopic (exact) mass is 293 g/mol. The topological polar surface area (TPSA) is 164 Å². The van der Waals surface area contributed by atoms with E-state index in [1.807, 2.05) is 0 Å². The highest BCUT2D eigenvalue weighted by atomic mass is 16.4. The summed E-state index contributed by atoms with van der Waals surface area (Å²) in [6.45, 7) is 0.326. The minimum absolute atomic E-state index is 0.235. The van der Waals surface area contributed by atoms with Gasteiger partial charge in [0.15, 0.2) is 0 Å². The molecule has 0 aliphatic heterocycles. The van der Waals surface area contributed by atoms with Gasteiger partial charge in [-0.15, -0.1) is 0 Å². The van der Waals surface area contributed by atoms with E-state index in [1.165, 1.54) is 0 Å². The van der Waals surface area contributed by atoms with E-state index in [2.05, 4.69) is 5.32 Å². The molecule has 6 N–H and O–H groups in total. The number of hydrogen-bond donors (Lipinski definition) is 6. The fraction of sp³-hybridized carbons (Fsp3) is 0.727. The Hall–Kier alpha value is -1.55. The van der Waals surface area contributed by atoms with Crippen molar-refractivity contribution in [3.63, 3.8) is 0 Å². The Balaban J connectivity index is 4.73. The molecule has 0 aromatic carbocycles. The fourth-order valence-corrected chi connectivity index (χ4v) is 1.56. The molecule has 1 amide bonds. The van der Waals surface area contributed by atoms with Crippen LogP contribution in [0.5, 0.6) is 0 Å². The molecular formula is C11H19NO8. The minimum atomic E-state index is -1.75. The van der Waals surface area contributed by atoms with Crippen LogP contribution in [0, 0.1) is 0 Å². The zero-order chi connectivity index (χ0) is 15.9. The molecule has 0 radical (unpaired) electrons. The number of nitrogens with one attached hydrogen (secondary N) is 1. The van der Waals surface area contributed by atoms with Crippen molar-refractivity contribution in [2.24, 2.45) is 0 Å². The first-order valence-corrected chi connectivity index (χ1v) is 5.89. The van der Waals surface area contributed by atoms with Gasteiger partial charge >= 0.3 is 5.97 Å². The van der Waals surface area contributed by atoms with Gasteiger partial charge in [0.1, 0.15) is 18.3 Å².